The van der Waals surface area contributed by atoms with Gasteiger partial charge in [0.1, 0.15) is 30.3 Å². The zero-order valence-electron chi connectivity index (χ0n) is 16.5. The van der Waals surface area contributed by atoms with Gasteiger partial charge in [0.25, 0.3) is 0 Å². The van der Waals surface area contributed by atoms with E-state index >= 15 is 0 Å². The summed E-state index contributed by atoms with van der Waals surface area (Å²) in [6, 6.07) is 9.79. The average Bonchev–Trinajstić information content (AvgIpc) is 3.34. The van der Waals surface area contributed by atoms with E-state index in [-0.39, 0.29) is 0 Å². The van der Waals surface area contributed by atoms with E-state index in [0.29, 0.717) is 6.54 Å². The highest BCUT2D eigenvalue weighted by molar-refractivity contribution is 7.19. The van der Waals surface area contributed by atoms with Crippen LogP contribution in [-0.4, -0.2) is 47.9 Å². The number of aliphatic hydroxyl groups excluding tert-OH is 1. The first-order valence-corrected chi connectivity index (χ1v) is 11.3. The highest BCUT2D eigenvalue weighted by atomic mass is 32.1. The van der Waals surface area contributed by atoms with Crippen LogP contribution in [0.25, 0.3) is 10.2 Å². The van der Waals surface area contributed by atoms with Crippen LogP contribution in [0.5, 0.6) is 0 Å². The number of hydrogen-bond acceptors (Lipinski definition) is 6. The van der Waals surface area contributed by atoms with Crippen molar-refractivity contribution in [3.63, 3.8) is 0 Å². The second-order valence-corrected chi connectivity index (χ2v) is 8.96. The Morgan fingerprint density at radius 1 is 1.14 bits per heavy atom. The van der Waals surface area contributed by atoms with Gasteiger partial charge in [0.2, 0.25) is 0 Å². The number of nitrogens with zero attached hydrogens (tertiary/aromatic N) is 2. The van der Waals surface area contributed by atoms with Crippen molar-refractivity contribution in [1.29, 1.82) is 0 Å². The Balaban J connectivity index is 1.43. The van der Waals surface area contributed by atoms with Gasteiger partial charge in [-0.25, -0.2) is 9.97 Å². The van der Waals surface area contributed by atoms with Crippen molar-refractivity contribution in [2.45, 2.75) is 31.9 Å². The van der Waals surface area contributed by atoms with Crippen molar-refractivity contribution >= 4 is 27.4 Å². The molecule has 1 aromatic carbocycles. The fourth-order valence-corrected chi connectivity index (χ4v) is 5.57. The number of morpholine rings is 1. The molecule has 0 bridgehead atoms. The molecule has 0 amide bonds. The zero-order chi connectivity index (χ0) is 19.6. The molecule has 0 unspecified atom stereocenters. The van der Waals surface area contributed by atoms with Gasteiger partial charge in [0.05, 0.1) is 24.7 Å². The van der Waals surface area contributed by atoms with Crippen LogP contribution >= 0.6 is 11.3 Å². The predicted octanol–water partition coefficient (Wildman–Crippen LogP) is 1.74. The van der Waals surface area contributed by atoms with Gasteiger partial charge in [0, 0.05) is 11.4 Å². The molecule has 5 rings (SSSR count). The summed E-state index contributed by atoms with van der Waals surface area (Å²) < 4.78 is 5.48. The number of nitrogens with one attached hydrogen (secondary N) is 2. The first-order valence-electron chi connectivity index (χ1n) is 10.5. The molecular weight excluding hydrogens is 384 g/mol. The standard InChI is InChI=1S/C22H26N4O2S/c27-17(15-5-2-1-3-6-15)13-23-21-20-16-7-4-8-18(16)29-22(20)25-19(24-21)14-26-9-11-28-12-10-26/h1-3,5-6,17,27H,4,7-14H2,(H,23,24,25)/p+1/t17-/m1/s1. The van der Waals surface area contributed by atoms with Crippen molar-refractivity contribution in [3.05, 3.63) is 52.2 Å². The number of aliphatic hydroxyl groups is 1. The van der Waals surface area contributed by atoms with Crippen molar-refractivity contribution in [2.75, 3.05) is 38.2 Å². The maximum atomic E-state index is 10.6. The van der Waals surface area contributed by atoms with Gasteiger partial charge in [-0.05, 0) is 30.4 Å². The number of quaternary nitrogens is 1. The van der Waals surface area contributed by atoms with Gasteiger partial charge >= 0.3 is 0 Å². The maximum absolute atomic E-state index is 10.6. The van der Waals surface area contributed by atoms with Gasteiger partial charge in [-0.1, -0.05) is 30.3 Å². The lowest BCUT2D eigenvalue weighted by Gasteiger charge is -2.23. The Morgan fingerprint density at radius 2 is 1.97 bits per heavy atom. The van der Waals surface area contributed by atoms with E-state index in [4.69, 9.17) is 14.7 Å². The summed E-state index contributed by atoms with van der Waals surface area (Å²) in [5.41, 5.74) is 2.32. The second-order valence-electron chi connectivity index (χ2n) is 7.87. The number of rotatable bonds is 6. The average molecular weight is 412 g/mol. The van der Waals surface area contributed by atoms with Crippen molar-refractivity contribution in [2.24, 2.45) is 0 Å². The van der Waals surface area contributed by atoms with E-state index in [1.807, 2.05) is 41.7 Å². The Kier molecular flexibility index (Phi) is 5.46. The lowest BCUT2D eigenvalue weighted by Crippen LogP contribution is -3.12. The van der Waals surface area contributed by atoms with Crippen molar-refractivity contribution < 1.29 is 14.7 Å². The van der Waals surface area contributed by atoms with Crippen LogP contribution in [0.4, 0.5) is 5.82 Å². The highest BCUT2D eigenvalue weighted by Crippen LogP contribution is 2.39. The van der Waals surface area contributed by atoms with E-state index in [1.54, 1.807) is 0 Å². The molecule has 6 nitrogen and oxygen atoms in total. The molecule has 2 aromatic heterocycles. The third-order valence-corrected chi connectivity index (χ3v) is 7.05. The molecule has 1 atom stereocenters. The molecule has 152 valence electrons. The first-order chi connectivity index (χ1) is 14.3. The molecular formula is C22H27N4O2S+. The number of ether oxygens (including phenoxy) is 1. The first kappa shape index (κ1) is 18.9. The van der Waals surface area contributed by atoms with E-state index in [9.17, 15) is 5.11 Å². The van der Waals surface area contributed by atoms with Crippen LogP contribution in [0, 0.1) is 0 Å². The van der Waals surface area contributed by atoms with E-state index in [1.165, 1.54) is 27.1 Å². The number of aryl methyl sites for hydroxylation is 2. The predicted molar refractivity (Wildman–Crippen MR) is 115 cm³/mol. The molecule has 0 saturated carbocycles. The zero-order valence-corrected chi connectivity index (χ0v) is 17.3. The third kappa shape index (κ3) is 4.00. The summed E-state index contributed by atoms with van der Waals surface area (Å²) in [6.45, 7) is 4.86. The van der Waals surface area contributed by atoms with Crippen LogP contribution in [0.1, 0.15) is 34.4 Å². The fraction of sp³-hybridized carbons (Fsp3) is 0.455. The monoisotopic (exact) mass is 411 g/mol. The van der Waals surface area contributed by atoms with Crippen LogP contribution in [0.15, 0.2) is 30.3 Å². The molecule has 3 N–H and O–H groups in total. The van der Waals surface area contributed by atoms with Crippen LogP contribution in [-0.2, 0) is 24.1 Å². The number of hydrogen-bond donors (Lipinski definition) is 3. The lowest BCUT2D eigenvalue weighted by molar-refractivity contribution is -0.922. The number of anilines is 1. The maximum Gasteiger partial charge on any atom is 0.187 e. The SMILES string of the molecule is O[C@H](CNc1nc(C[NH+]2CCOCC2)nc2sc3c(c12)CCC3)c1ccccc1. The number of thiophene rings is 1. The van der Waals surface area contributed by atoms with Gasteiger partial charge < -0.3 is 20.1 Å². The molecule has 7 heteroatoms. The molecule has 1 fully saturated rings. The minimum absolute atomic E-state index is 0.435. The molecule has 1 aliphatic carbocycles. The topological polar surface area (TPSA) is 71.7 Å². The quantitative estimate of drug-likeness (QED) is 0.576. The van der Waals surface area contributed by atoms with E-state index < -0.39 is 6.10 Å². The number of fused-ring (bicyclic) bond motifs is 3. The largest absolute Gasteiger partial charge is 0.387 e. The molecule has 3 aromatic rings. The fourth-order valence-electron chi connectivity index (χ4n) is 4.29. The van der Waals surface area contributed by atoms with Crippen molar-refractivity contribution in [3.8, 4) is 0 Å². The Bertz CT molecular complexity index is 985. The summed E-state index contributed by atoms with van der Waals surface area (Å²) in [5, 5.41) is 15.2. The minimum atomic E-state index is -0.568. The molecule has 1 aliphatic heterocycles. The lowest BCUT2D eigenvalue weighted by atomic mass is 10.1. The molecule has 29 heavy (non-hydrogen) atoms. The Morgan fingerprint density at radius 3 is 2.79 bits per heavy atom. The van der Waals surface area contributed by atoms with Gasteiger partial charge in [-0.15, -0.1) is 11.3 Å². The smallest absolute Gasteiger partial charge is 0.187 e. The van der Waals surface area contributed by atoms with Crippen molar-refractivity contribution in [1.82, 2.24) is 9.97 Å². The normalized spacial score (nSPS) is 18.1. The molecule has 3 heterocycles. The minimum Gasteiger partial charge on any atom is -0.387 e. The molecule has 0 spiro atoms. The molecule has 0 radical (unpaired) electrons. The van der Waals surface area contributed by atoms with Crippen LogP contribution < -0.4 is 10.2 Å². The molecule has 2 aliphatic rings. The third-order valence-electron chi connectivity index (χ3n) is 5.87. The van der Waals surface area contributed by atoms with Crippen LogP contribution in [0.2, 0.25) is 0 Å². The molecule has 1 saturated heterocycles. The Labute approximate surface area is 174 Å². The summed E-state index contributed by atoms with van der Waals surface area (Å²) in [5.74, 6) is 1.76. The number of aromatic nitrogens is 2. The Hall–Kier alpha value is -2.06. The van der Waals surface area contributed by atoms with E-state index in [0.717, 1.165) is 67.7 Å². The van der Waals surface area contributed by atoms with Gasteiger partial charge in [0.15, 0.2) is 5.82 Å². The van der Waals surface area contributed by atoms with Gasteiger partial charge in [-0.3, -0.25) is 0 Å². The van der Waals surface area contributed by atoms with Gasteiger partial charge in [-0.2, -0.15) is 0 Å². The summed E-state index contributed by atoms with van der Waals surface area (Å²) in [4.78, 5) is 13.9. The second kappa shape index (κ2) is 8.36. The summed E-state index contributed by atoms with van der Waals surface area (Å²) in [7, 11) is 0. The highest BCUT2D eigenvalue weighted by Gasteiger charge is 2.24. The summed E-state index contributed by atoms with van der Waals surface area (Å²) >= 11 is 1.82. The van der Waals surface area contributed by atoms with Crippen LogP contribution in [0.3, 0.4) is 0 Å². The van der Waals surface area contributed by atoms with E-state index in [2.05, 4.69) is 5.32 Å². The summed E-state index contributed by atoms with van der Waals surface area (Å²) in [6.07, 6.45) is 2.89. The number of benzene rings is 1.